The first-order valence-electron chi connectivity index (χ1n) is 8.48. The molecule has 0 saturated heterocycles. The highest BCUT2D eigenvalue weighted by Crippen LogP contribution is 2.32. The van der Waals surface area contributed by atoms with E-state index in [2.05, 4.69) is 19.9 Å². The number of hydrogen-bond acceptors (Lipinski definition) is 4. The van der Waals surface area contributed by atoms with E-state index in [4.69, 9.17) is 0 Å². The van der Waals surface area contributed by atoms with Crippen LogP contribution in [0.3, 0.4) is 0 Å². The van der Waals surface area contributed by atoms with Gasteiger partial charge in [-0.3, -0.25) is 10.1 Å². The van der Waals surface area contributed by atoms with Crippen LogP contribution in [0.4, 0.5) is 10.1 Å². The lowest BCUT2D eigenvalue weighted by molar-refractivity contribution is -0.384. The minimum absolute atomic E-state index is 0.00436. The molecular weight excluding hydrogens is 361 g/mol. The van der Waals surface area contributed by atoms with Gasteiger partial charge in [0.2, 0.25) is 0 Å². The smallest absolute Gasteiger partial charge is 0.271 e. The Balaban J connectivity index is 1.67. The normalized spacial score (nSPS) is 11.3. The molecule has 0 spiro atoms. The van der Waals surface area contributed by atoms with Crippen LogP contribution < -0.4 is 0 Å². The van der Waals surface area contributed by atoms with Crippen LogP contribution in [0.5, 0.6) is 0 Å². The molecule has 0 bridgehead atoms. The molecule has 2 N–H and O–H groups in total. The van der Waals surface area contributed by atoms with E-state index in [1.807, 2.05) is 24.3 Å². The number of aromatic amines is 2. The number of non-ortho nitro benzene ring substituents is 1. The van der Waals surface area contributed by atoms with E-state index < -0.39 is 4.92 Å². The molecule has 7 nitrogen and oxygen atoms in total. The van der Waals surface area contributed by atoms with Gasteiger partial charge in [0.25, 0.3) is 5.69 Å². The fourth-order valence-electron chi connectivity index (χ4n) is 3.24. The SMILES string of the molecule is O=[N+]([O-])c1ccc2nc(-c3ccccc3-c3nc4ccc(F)cc4[nH]3)[nH]c2c1. The summed E-state index contributed by atoms with van der Waals surface area (Å²) in [5, 5.41) is 11.0. The van der Waals surface area contributed by atoms with Gasteiger partial charge in [0.15, 0.2) is 0 Å². The van der Waals surface area contributed by atoms with Gasteiger partial charge < -0.3 is 9.97 Å². The molecule has 5 rings (SSSR count). The number of nitro benzene ring substituents is 1. The summed E-state index contributed by atoms with van der Waals surface area (Å²) in [7, 11) is 0. The molecule has 0 amide bonds. The number of hydrogen-bond donors (Lipinski definition) is 2. The van der Waals surface area contributed by atoms with Crippen molar-refractivity contribution in [1.82, 2.24) is 19.9 Å². The third-order valence-corrected chi connectivity index (χ3v) is 4.56. The van der Waals surface area contributed by atoms with Gasteiger partial charge in [-0.2, -0.15) is 0 Å². The molecule has 5 aromatic rings. The van der Waals surface area contributed by atoms with E-state index in [9.17, 15) is 14.5 Å². The monoisotopic (exact) mass is 373 g/mol. The van der Waals surface area contributed by atoms with Crippen LogP contribution in [-0.4, -0.2) is 24.9 Å². The highest BCUT2D eigenvalue weighted by Gasteiger charge is 2.15. The number of halogens is 1. The van der Waals surface area contributed by atoms with Gasteiger partial charge in [0.05, 0.1) is 27.0 Å². The van der Waals surface area contributed by atoms with Crippen LogP contribution in [0.25, 0.3) is 44.8 Å². The molecule has 0 unspecified atom stereocenters. The molecule has 8 heteroatoms. The molecular formula is C20H12FN5O2. The number of nitrogens with zero attached hydrogens (tertiary/aromatic N) is 3. The average molecular weight is 373 g/mol. The molecule has 136 valence electrons. The fourth-order valence-corrected chi connectivity index (χ4v) is 3.24. The largest absolute Gasteiger partial charge is 0.338 e. The van der Waals surface area contributed by atoms with Crippen LogP contribution >= 0.6 is 0 Å². The molecule has 0 aliphatic heterocycles. The number of H-pyrrole nitrogens is 2. The van der Waals surface area contributed by atoms with Crippen molar-refractivity contribution in [3.8, 4) is 22.8 Å². The Labute approximate surface area is 157 Å². The Morgan fingerprint density at radius 3 is 2.00 bits per heavy atom. The van der Waals surface area contributed by atoms with Gasteiger partial charge in [-0.25, -0.2) is 14.4 Å². The first-order chi connectivity index (χ1) is 13.6. The van der Waals surface area contributed by atoms with Crippen LogP contribution in [0.2, 0.25) is 0 Å². The predicted molar refractivity (Wildman–Crippen MR) is 103 cm³/mol. The molecule has 2 aromatic heterocycles. The molecule has 0 fully saturated rings. The molecule has 0 aliphatic carbocycles. The summed E-state index contributed by atoms with van der Waals surface area (Å²) in [6, 6.07) is 16.4. The number of nitro groups is 1. The molecule has 0 saturated carbocycles. The molecule has 28 heavy (non-hydrogen) atoms. The number of fused-ring (bicyclic) bond motifs is 2. The summed E-state index contributed by atoms with van der Waals surface area (Å²) < 4.78 is 13.5. The molecule has 0 radical (unpaired) electrons. The zero-order valence-electron chi connectivity index (χ0n) is 14.3. The van der Waals surface area contributed by atoms with Gasteiger partial charge in [-0.05, 0) is 24.3 Å². The van der Waals surface area contributed by atoms with Gasteiger partial charge in [0.1, 0.15) is 17.5 Å². The molecule has 0 atom stereocenters. The number of aromatic nitrogens is 4. The maximum atomic E-state index is 13.5. The first kappa shape index (κ1) is 16.1. The topological polar surface area (TPSA) is 100 Å². The van der Waals surface area contributed by atoms with Gasteiger partial charge in [-0.1, -0.05) is 24.3 Å². The maximum Gasteiger partial charge on any atom is 0.271 e. The van der Waals surface area contributed by atoms with Crippen molar-refractivity contribution in [2.45, 2.75) is 0 Å². The second-order valence-corrected chi connectivity index (χ2v) is 6.34. The highest BCUT2D eigenvalue weighted by molar-refractivity contribution is 5.87. The van der Waals surface area contributed by atoms with Crippen molar-refractivity contribution in [3.63, 3.8) is 0 Å². The third-order valence-electron chi connectivity index (χ3n) is 4.56. The Bertz CT molecular complexity index is 1370. The third kappa shape index (κ3) is 2.59. The van der Waals surface area contributed by atoms with Crippen LogP contribution in [-0.2, 0) is 0 Å². The lowest BCUT2D eigenvalue weighted by atomic mass is 10.1. The van der Waals surface area contributed by atoms with Gasteiger partial charge >= 0.3 is 0 Å². The second kappa shape index (κ2) is 5.98. The van der Waals surface area contributed by atoms with Crippen molar-refractivity contribution in [3.05, 3.63) is 76.6 Å². The van der Waals surface area contributed by atoms with Gasteiger partial charge in [0, 0.05) is 23.3 Å². The summed E-state index contributed by atoms with van der Waals surface area (Å²) in [6.07, 6.45) is 0. The van der Waals surface area contributed by atoms with E-state index in [1.54, 1.807) is 12.1 Å². The first-order valence-corrected chi connectivity index (χ1v) is 8.48. The Morgan fingerprint density at radius 1 is 0.821 bits per heavy atom. The standard InChI is InChI=1S/C20H12FN5O2/c21-11-5-7-15-17(9-11)24-19(22-15)13-3-1-2-4-14(13)20-23-16-8-6-12(26(27)28)10-18(16)25-20/h1-10H,(H,22,24)(H,23,25). The van der Waals surface area contributed by atoms with E-state index in [0.29, 0.717) is 33.7 Å². The number of benzene rings is 3. The quantitative estimate of drug-likeness (QED) is 0.350. The Morgan fingerprint density at radius 2 is 1.39 bits per heavy atom. The summed E-state index contributed by atoms with van der Waals surface area (Å²) >= 11 is 0. The lowest BCUT2D eigenvalue weighted by Gasteiger charge is -2.04. The number of imidazole rings is 2. The van der Waals surface area contributed by atoms with Crippen molar-refractivity contribution in [2.24, 2.45) is 0 Å². The number of rotatable bonds is 3. The van der Waals surface area contributed by atoms with Crippen molar-refractivity contribution in [1.29, 1.82) is 0 Å². The zero-order valence-corrected chi connectivity index (χ0v) is 14.3. The van der Waals surface area contributed by atoms with E-state index >= 15 is 0 Å². The van der Waals surface area contributed by atoms with Crippen LogP contribution in [0.15, 0.2) is 60.7 Å². The maximum absolute atomic E-state index is 13.5. The summed E-state index contributed by atoms with van der Waals surface area (Å²) in [5.74, 6) is 0.815. The van der Waals surface area contributed by atoms with E-state index in [-0.39, 0.29) is 11.5 Å². The van der Waals surface area contributed by atoms with Crippen molar-refractivity contribution in [2.75, 3.05) is 0 Å². The van der Waals surface area contributed by atoms with Gasteiger partial charge in [-0.15, -0.1) is 0 Å². The average Bonchev–Trinajstić information content (AvgIpc) is 3.30. The summed E-state index contributed by atoms with van der Waals surface area (Å²) in [5.41, 5.74) is 4.02. The molecule has 3 aromatic carbocycles. The number of nitrogens with one attached hydrogen (secondary N) is 2. The van der Waals surface area contributed by atoms with Crippen molar-refractivity contribution >= 4 is 27.8 Å². The lowest BCUT2D eigenvalue weighted by Crippen LogP contribution is -1.88. The Hall–Kier alpha value is -4.07. The van der Waals surface area contributed by atoms with Crippen LogP contribution in [0.1, 0.15) is 0 Å². The van der Waals surface area contributed by atoms with Crippen molar-refractivity contribution < 1.29 is 9.31 Å². The van der Waals surface area contributed by atoms with E-state index in [1.165, 1.54) is 24.3 Å². The molecule has 2 heterocycles. The van der Waals surface area contributed by atoms with E-state index in [0.717, 1.165) is 11.1 Å². The van der Waals surface area contributed by atoms with Crippen LogP contribution in [0, 0.1) is 15.9 Å². The summed E-state index contributed by atoms with van der Waals surface area (Å²) in [4.78, 5) is 25.9. The highest BCUT2D eigenvalue weighted by atomic mass is 19.1. The second-order valence-electron chi connectivity index (χ2n) is 6.34. The minimum atomic E-state index is -0.443. The zero-order chi connectivity index (χ0) is 19.3. The predicted octanol–water partition coefficient (Wildman–Crippen LogP) is 4.82. The Kier molecular flexibility index (Phi) is 3.45. The summed E-state index contributed by atoms with van der Waals surface area (Å²) in [6.45, 7) is 0. The fraction of sp³-hybridized carbons (Fsp3) is 0. The molecule has 0 aliphatic rings. The minimum Gasteiger partial charge on any atom is -0.338 e.